The van der Waals surface area contributed by atoms with Crippen LogP contribution < -0.4 is 16.0 Å². The molecule has 0 heterocycles. The number of nitrogens with one attached hydrogen (secondary N) is 3. The van der Waals surface area contributed by atoms with Crippen molar-refractivity contribution in [1.29, 1.82) is 0 Å². The van der Waals surface area contributed by atoms with Gasteiger partial charge >= 0.3 is 0 Å². The van der Waals surface area contributed by atoms with E-state index in [0.29, 0.717) is 31.6 Å². The summed E-state index contributed by atoms with van der Waals surface area (Å²) in [6, 6.07) is 4.33. The fraction of sp³-hybridized carbons (Fsp3) is 0.429. The van der Waals surface area contributed by atoms with Gasteiger partial charge in [0.25, 0.3) is 5.91 Å². The van der Waals surface area contributed by atoms with E-state index < -0.39 is 5.82 Å². The first-order chi connectivity index (χ1) is 9.54. The molecule has 20 heavy (non-hydrogen) atoms. The maximum atomic E-state index is 13.3. The number of amides is 2. The van der Waals surface area contributed by atoms with Crippen molar-refractivity contribution in [3.63, 3.8) is 0 Å². The minimum Gasteiger partial charge on any atom is -0.354 e. The Morgan fingerprint density at radius 3 is 2.50 bits per heavy atom. The third-order valence-electron chi connectivity index (χ3n) is 2.77. The Labute approximate surface area is 117 Å². The van der Waals surface area contributed by atoms with Crippen molar-refractivity contribution in [2.24, 2.45) is 0 Å². The highest BCUT2D eigenvalue weighted by atomic mass is 19.1. The van der Waals surface area contributed by atoms with E-state index in [2.05, 4.69) is 16.0 Å². The largest absolute Gasteiger partial charge is 0.354 e. The lowest BCUT2D eigenvalue weighted by atomic mass is 10.1. The van der Waals surface area contributed by atoms with Crippen molar-refractivity contribution in [3.8, 4) is 0 Å². The highest BCUT2D eigenvalue weighted by Crippen LogP contribution is 2.08. The first kappa shape index (κ1) is 16.1. The number of halogens is 1. The summed E-state index contributed by atoms with van der Waals surface area (Å²) in [7, 11) is 1.77. The molecule has 1 aromatic rings. The van der Waals surface area contributed by atoms with Gasteiger partial charge in [0.2, 0.25) is 5.91 Å². The number of rotatable bonds is 7. The van der Waals surface area contributed by atoms with Crippen molar-refractivity contribution in [3.05, 3.63) is 35.1 Å². The topological polar surface area (TPSA) is 70.2 Å². The molecule has 0 radical (unpaired) electrons. The molecule has 0 fully saturated rings. The van der Waals surface area contributed by atoms with Crippen LogP contribution >= 0.6 is 0 Å². The summed E-state index contributed by atoms with van der Waals surface area (Å²) in [6.45, 7) is 2.90. The van der Waals surface area contributed by atoms with Crippen LogP contribution in [0.5, 0.6) is 0 Å². The predicted molar refractivity (Wildman–Crippen MR) is 75.0 cm³/mol. The van der Waals surface area contributed by atoms with Crippen molar-refractivity contribution >= 4 is 11.8 Å². The van der Waals surface area contributed by atoms with E-state index in [0.717, 1.165) is 0 Å². The van der Waals surface area contributed by atoms with Gasteiger partial charge in [0.1, 0.15) is 5.82 Å². The van der Waals surface area contributed by atoms with E-state index in [1.54, 1.807) is 26.1 Å². The van der Waals surface area contributed by atoms with Crippen LogP contribution in [0.4, 0.5) is 4.39 Å². The summed E-state index contributed by atoms with van der Waals surface area (Å²) < 4.78 is 13.3. The second kappa shape index (κ2) is 8.27. The lowest BCUT2D eigenvalue weighted by molar-refractivity contribution is -0.120. The monoisotopic (exact) mass is 281 g/mol. The highest BCUT2D eigenvalue weighted by Gasteiger charge is 2.07. The molecule has 0 atom stereocenters. The number of carbonyl (C=O) groups excluding carboxylic acids is 2. The summed E-state index contributed by atoms with van der Waals surface area (Å²) in [5.41, 5.74) is 0.771. The molecular formula is C14H20FN3O2. The molecule has 1 rings (SSSR count). The Hall–Kier alpha value is -1.95. The van der Waals surface area contributed by atoms with Crippen molar-refractivity contribution in [2.75, 3.05) is 26.7 Å². The zero-order chi connectivity index (χ0) is 15.0. The van der Waals surface area contributed by atoms with Crippen LogP contribution in [0, 0.1) is 12.7 Å². The van der Waals surface area contributed by atoms with E-state index in [1.807, 2.05) is 0 Å². The van der Waals surface area contributed by atoms with Gasteiger partial charge in [0.05, 0.1) is 0 Å². The van der Waals surface area contributed by atoms with E-state index in [9.17, 15) is 14.0 Å². The number of aryl methyl sites for hydroxylation is 1. The molecule has 6 heteroatoms. The molecule has 0 saturated heterocycles. The number of benzene rings is 1. The Bertz CT molecular complexity index is 477. The maximum absolute atomic E-state index is 13.3. The number of hydrogen-bond acceptors (Lipinski definition) is 3. The number of hydrogen-bond donors (Lipinski definition) is 3. The molecule has 3 N–H and O–H groups in total. The van der Waals surface area contributed by atoms with Crippen molar-refractivity contribution in [2.45, 2.75) is 13.3 Å². The molecule has 0 aromatic heterocycles. The normalized spacial score (nSPS) is 10.2. The van der Waals surface area contributed by atoms with Gasteiger partial charge in [-0.05, 0) is 31.7 Å². The van der Waals surface area contributed by atoms with Crippen LogP contribution in [-0.4, -0.2) is 38.5 Å². The molecule has 0 spiro atoms. The predicted octanol–water partition coefficient (Wildman–Crippen LogP) is 0.590. The number of carbonyl (C=O) groups is 2. The van der Waals surface area contributed by atoms with Crippen LogP contribution in [0.3, 0.4) is 0 Å². The average Bonchev–Trinajstić information content (AvgIpc) is 2.44. The molecule has 0 bridgehead atoms. The third-order valence-corrected chi connectivity index (χ3v) is 2.77. The minimum atomic E-state index is -0.405. The molecule has 0 saturated carbocycles. The molecule has 2 amide bonds. The summed E-state index contributed by atoms with van der Waals surface area (Å²) in [6.07, 6.45) is 0.396. The second-order valence-corrected chi connectivity index (χ2v) is 4.42. The fourth-order valence-electron chi connectivity index (χ4n) is 1.54. The zero-order valence-corrected chi connectivity index (χ0v) is 11.8. The van der Waals surface area contributed by atoms with Gasteiger partial charge in [0, 0.05) is 31.6 Å². The lowest BCUT2D eigenvalue weighted by Crippen LogP contribution is -2.35. The molecule has 0 aliphatic rings. The minimum absolute atomic E-state index is 0.0741. The maximum Gasteiger partial charge on any atom is 0.251 e. The van der Waals surface area contributed by atoms with Gasteiger partial charge < -0.3 is 16.0 Å². The average molecular weight is 281 g/mol. The Morgan fingerprint density at radius 1 is 1.15 bits per heavy atom. The van der Waals surface area contributed by atoms with Crippen LogP contribution in [0.1, 0.15) is 22.3 Å². The molecule has 0 aliphatic heterocycles. The summed E-state index contributed by atoms with van der Waals surface area (Å²) in [5, 5.41) is 8.17. The van der Waals surface area contributed by atoms with Gasteiger partial charge in [-0.1, -0.05) is 6.07 Å². The quantitative estimate of drug-likeness (QED) is 0.641. The van der Waals surface area contributed by atoms with Gasteiger partial charge in [0.15, 0.2) is 0 Å². The molecule has 1 aromatic carbocycles. The van der Waals surface area contributed by atoms with Crippen molar-refractivity contribution < 1.29 is 14.0 Å². The standard InChI is InChI=1S/C14H20FN3O2/c1-10-3-4-11(9-12(10)15)14(20)18-8-7-17-13(19)5-6-16-2/h3-4,9,16H,5-8H2,1-2H3,(H,17,19)(H,18,20). The van der Waals surface area contributed by atoms with E-state index in [4.69, 9.17) is 0 Å². The Balaban J connectivity index is 2.29. The lowest BCUT2D eigenvalue weighted by Gasteiger charge is -2.07. The van der Waals surface area contributed by atoms with Crippen LogP contribution in [0.15, 0.2) is 18.2 Å². The second-order valence-electron chi connectivity index (χ2n) is 4.42. The Kier molecular flexibility index (Phi) is 6.66. The molecule has 5 nitrogen and oxygen atoms in total. The van der Waals surface area contributed by atoms with Gasteiger partial charge in [-0.3, -0.25) is 9.59 Å². The molecule has 0 unspecified atom stereocenters. The SMILES string of the molecule is CNCCC(=O)NCCNC(=O)c1ccc(C)c(F)c1. The van der Waals surface area contributed by atoms with Crippen LogP contribution in [-0.2, 0) is 4.79 Å². The van der Waals surface area contributed by atoms with E-state index >= 15 is 0 Å². The van der Waals surface area contributed by atoms with Crippen LogP contribution in [0.2, 0.25) is 0 Å². The van der Waals surface area contributed by atoms with Gasteiger partial charge in [-0.2, -0.15) is 0 Å². The highest BCUT2D eigenvalue weighted by molar-refractivity contribution is 5.94. The Morgan fingerprint density at radius 2 is 1.85 bits per heavy atom. The summed E-state index contributed by atoms with van der Waals surface area (Å²) >= 11 is 0. The molecular weight excluding hydrogens is 261 g/mol. The summed E-state index contributed by atoms with van der Waals surface area (Å²) in [5.74, 6) is -0.832. The smallest absolute Gasteiger partial charge is 0.251 e. The fourth-order valence-corrected chi connectivity index (χ4v) is 1.54. The molecule has 0 aliphatic carbocycles. The van der Waals surface area contributed by atoms with E-state index in [1.165, 1.54) is 6.07 Å². The molecule has 110 valence electrons. The zero-order valence-electron chi connectivity index (χ0n) is 11.8. The van der Waals surface area contributed by atoms with Crippen molar-refractivity contribution in [1.82, 2.24) is 16.0 Å². The third kappa shape index (κ3) is 5.36. The summed E-state index contributed by atoms with van der Waals surface area (Å²) in [4.78, 5) is 23.0. The first-order valence-corrected chi connectivity index (χ1v) is 6.50. The van der Waals surface area contributed by atoms with Gasteiger partial charge in [-0.25, -0.2) is 4.39 Å². The van der Waals surface area contributed by atoms with Gasteiger partial charge in [-0.15, -0.1) is 0 Å². The first-order valence-electron chi connectivity index (χ1n) is 6.50. The van der Waals surface area contributed by atoms with Crippen LogP contribution in [0.25, 0.3) is 0 Å². The van der Waals surface area contributed by atoms with E-state index in [-0.39, 0.29) is 17.4 Å².